The van der Waals surface area contributed by atoms with Gasteiger partial charge in [0.25, 0.3) is 0 Å². The maximum absolute atomic E-state index is 11.5. The molecule has 1 aliphatic rings. The number of aliphatic hydroxyl groups excluding tert-OH is 2. The average molecular weight is 220 g/mol. The molecule has 2 N–H and O–H groups in total. The highest BCUT2D eigenvalue weighted by Crippen LogP contribution is 2.30. The highest BCUT2D eigenvalue weighted by Gasteiger charge is 2.35. The lowest BCUT2D eigenvalue weighted by molar-refractivity contribution is -0.126. The highest BCUT2D eigenvalue weighted by atomic mass is 16.3. The zero-order chi connectivity index (χ0) is 11.5. The molecule has 0 aromatic heterocycles. The molecule has 0 radical (unpaired) electrons. The summed E-state index contributed by atoms with van der Waals surface area (Å²) in [5.74, 6) is -0.322. The predicted molar refractivity (Wildman–Crippen MR) is 59.8 cm³/mol. The summed E-state index contributed by atoms with van der Waals surface area (Å²) in [5, 5.41) is 19.9. The van der Waals surface area contributed by atoms with Gasteiger partial charge < -0.3 is 10.2 Å². The summed E-state index contributed by atoms with van der Waals surface area (Å²) in [7, 11) is 0. The maximum atomic E-state index is 11.5. The molecule has 0 saturated heterocycles. The molecule has 1 fully saturated rings. The quantitative estimate of drug-likeness (QED) is 0.810. The molecule has 3 heteroatoms. The normalized spacial score (nSPS) is 24.4. The van der Waals surface area contributed by atoms with Crippen molar-refractivity contribution in [2.45, 2.75) is 31.5 Å². The number of rotatable bonds is 3. The minimum Gasteiger partial charge on any atom is -0.389 e. The molecule has 3 nitrogen and oxygen atoms in total. The van der Waals surface area contributed by atoms with Crippen LogP contribution in [0, 0.1) is 5.92 Å². The molecular formula is C13H16O3. The summed E-state index contributed by atoms with van der Waals surface area (Å²) in [4.78, 5) is 11.5. The molecule has 1 aliphatic carbocycles. The first-order chi connectivity index (χ1) is 7.70. The van der Waals surface area contributed by atoms with E-state index >= 15 is 0 Å². The number of benzene rings is 1. The Bertz CT molecular complexity index is 361. The van der Waals surface area contributed by atoms with Crippen molar-refractivity contribution in [2.75, 3.05) is 0 Å². The van der Waals surface area contributed by atoms with Crippen molar-refractivity contribution < 1.29 is 15.0 Å². The summed E-state index contributed by atoms with van der Waals surface area (Å²) in [6.45, 7) is 0. The lowest BCUT2D eigenvalue weighted by atomic mass is 9.92. The average Bonchev–Trinajstić information content (AvgIpc) is 2.75. The van der Waals surface area contributed by atoms with Crippen LogP contribution in [-0.2, 0) is 4.79 Å². The molecule has 2 rings (SSSR count). The van der Waals surface area contributed by atoms with E-state index in [0.717, 1.165) is 6.42 Å². The van der Waals surface area contributed by atoms with Crippen LogP contribution in [0.15, 0.2) is 30.3 Å². The number of aliphatic hydroxyl groups is 2. The SMILES string of the molecule is O=C1CCCC1[C@@H](O)[C@H](O)c1ccccc1. The van der Waals surface area contributed by atoms with Gasteiger partial charge in [-0.1, -0.05) is 30.3 Å². The van der Waals surface area contributed by atoms with Crippen molar-refractivity contribution >= 4 is 5.78 Å². The minimum absolute atomic E-state index is 0.0717. The van der Waals surface area contributed by atoms with Gasteiger partial charge in [0.05, 0.1) is 6.10 Å². The van der Waals surface area contributed by atoms with E-state index in [0.29, 0.717) is 18.4 Å². The Labute approximate surface area is 94.7 Å². The topological polar surface area (TPSA) is 57.5 Å². The first kappa shape index (κ1) is 11.3. The molecule has 0 amide bonds. The largest absolute Gasteiger partial charge is 0.389 e. The summed E-state index contributed by atoms with van der Waals surface area (Å²) < 4.78 is 0. The third-order valence-corrected chi connectivity index (χ3v) is 3.23. The van der Waals surface area contributed by atoms with E-state index < -0.39 is 18.1 Å². The van der Waals surface area contributed by atoms with Gasteiger partial charge in [0, 0.05) is 12.3 Å². The number of ketones is 1. The third-order valence-electron chi connectivity index (χ3n) is 3.23. The first-order valence-electron chi connectivity index (χ1n) is 5.64. The molecule has 86 valence electrons. The van der Waals surface area contributed by atoms with Crippen molar-refractivity contribution in [3.05, 3.63) is 35.9 Å². The summed E-state index contributed by atoms with van der Waals surface area (Å²) in [5.41, 5.74) is 0.662. The molecule has 0 spiro atoms. The van der Waals surface area contributed by atoms with E-state index in [9.17, 15) is 15.0 Å². The van der Waals surface area contributed by atoms with Crippen LogP contribution in [0.4, 0.5) is 0 Å². The molecule has 1 unspecified atom stereocenters. The lowest BCUT2D eigenvalue weighted by Gasteiger charge is -2.22. The van der Waals surface area contributed by atoms with Crippen molar-refractivity contribution in [1.29, 1.82) is 0 Å². The third kappa shape index (κ3) is 2.15. The van der Waals surface area contributed by atoms with Crippen molar-refractivity contribution in [3.63, 3.8) is 0 Å². The van der Waals surface area contributed by atoms with E-state index in [1.807, 2.05) is 18.2 Å². The summed E-state index contributed by atoms with van der Waals surface area (Å²) in [6.07, 6.45) is 0.0977. The molecule has 3 atom stereocenters. The number of carbonyl (C=O) groups is 1. The van der Waals surface area contributed by atoms with Crippen LogP contribution in [0.2, 0.25) is 0 Å². The maximum Gasteiger partial charge on any atom is 0.138 e. The van der Waals surface area contributed by atoms with Gasteiger partial charge in [-0.05, 0) is 18.4 Å². The molecule has 0 aliphatic heterocycles. The molecule has 16 heavy (non-hydrogen) atoms. The molecule has 1 saturated carbocycles. The number of Topliss-reactive ketones (excluding diaryl/α,β-unsaturated/α-hetero) is 1. The standard InChI is InChI=1S/C13H16O3/c14-11-8-4-7-10(11)13(16)12(15)9-5-2-1-3-6-9/h1-3,5-6,10,12-13,15-16H,4,7-8H2/t10?,12-,13-/m1/s1. The number of carbonyl (C=O) groups excluding carboxylic acids is 1. The summed E-state index contributed by atoms with van der Waals surface area (Å²) in [6, 6.07) is 8.98. The van der Waals surface area contributed by atoms with Gasteiger partial charge in [-0.2, -0.15) is 0 Å². The monoisotopic (exact) mass is 220 g/mol. The van der Waals surface area contributed by atoms with E-state index in [1.54, 1.807) is 12.1 Å². The molecule has 1 aromatic carbocycles. The van der Waals surface area contributed by atoms with Gasteiger partial charge in [0.2, 0.25) is 0 Å². The Morgan fingerprint density at radius 1 is 1.19 bits per heavy atom. The molecule has 0 bridgehead atoms. The van der Waals surface area contributed by atoms with Crippen LogP contribution in [0.25, 0.3) is 0 Å². The van der Waals surface area contributed by atoms with Crippen LogP contribution in [0.3, 0.4) is 0 Å². The number of hydrogen-bond donors (Lipinski definition) is 2. The van der Waals surface area contributed by atoms with Gasteiger partial charge in [-0.3, -0.25) is 4.79 Å². The Kier molecular flexibility index (Phi) is 3.36. The Morgan fingerprint density at radius 2 is 1.88 bits per heavy atom. The van der Waals surface area contributed by atoms with Gasteiger partial charge in [-0.25, -0.2) is 0 Å². The highest BCUT2D eigenvalue weighted by molar-refractivity contribution is 5.83. The second-order valence-corrected chi connectivity index (χ2v) is 4.31. The van der Waals surface area contributed by atoms with Crippen LogP contribution >= 0.6 is 0 Å². The first-order valence-corrected chi connectivity index (χ1v) is 5.64. The van der Waals surface area contributed by atoms with E-state index in [-0.39, 0.29) is 5.78 Å². The van der Waals surface area contributed by atoms with Gasteiger partial charge in [0.15, 0.2) is 0 Å². The van der Waals surface area contributed by atoms with Gasteiger partial charge in [0.1, 0.15) is 11.9 Å². The van der Waals surface area contributed by atoms with Crippen LogP contribution < -0.4 is 0 Å². The van der Waals surface area contributed by atoms with E-state index in [4.69, 9.17) is 0 Å². The van der Waals surface area contributed by atoms with E-state index in [2.05, 4.69) is 0 Å². The van der Waals surface area contributed by atoms with Gasteiger partial charge >= 0.3 is 0 Å². The second kappa shape index (κ2) is 4.76. The molecule has 0 heterocycles. The molecular weight excluding hydrogens is 204 g/mol. The predicted octanol–water partition coefficient (Wildman–Crippen LogP) is 1.45. The zero-order valence-electron chi connectivity index (χ0n) is 9.04. The molecule has 1 aromatic rings. The minimum atomic E-state index is -0.975. The fraction of sp³-hybridized carbons (Fsp3) is 0.462. The van der Waals surface area contributed by atoms with Crippen LogP contribution in [0.1, 0.15) is 30.9 Å². The Balaban J connectivity index is 2.10. The smallest absolute Gasteiger partial charge is 0.138 e. The van der Waals surface area contributed by atoms with Gasteiger partial charge in [-0.15, -0.1) is 0 Å². The zero-order valence-corrected chi connectivity index (χ0v) is 9.04. The van der Waals surface area contributed by atoms with Crippen LogP contribution in [-0.4, -0.2) is 22.1 Å². The van der Waals surface area contributed by atoms with Crippen LogP contribution in [0.5, 0.6) is 0 Å². The van der Waals surface area contributed by atoms with E-state index in [1.165, 1.54) is 0 Å². The van der Waals surface area contributed by atoms with Crippen molar-refractivity contribution in [1.82, 2.24) is 0 Å². The number of hydrogen-bond acceptors (Lipinski definition) is 3. The Hall–Kier alpha value is -1.19. The Morgan fingerprint density at radius 3 is 2.44 bits per heavy atom. The van der Waals surface area contributed by atoms with Crippen molar-refractivity contribution in [3.8, 4) is 0 Å². The second-order valence-electron chi connectivity index (χ2n) is 4.31. The van der Waals surface area contributed by atoms with Crippen molar-refractivity contribution in [2.24, 2.45) is 5.92 Å². The fourth-order valence-corrected chi connectivity index (χ4v) is 2.27. The fourth-order valence-electron chi connectivity index (χ4n) is 2.27. The lowest BCUT2D eigenvalue weighted by Crippen LogP contribution is -2.30. The summed E-state index contributed by atoms with van der Waals surface area (Å²) >= 11 is 0.